The molecular formula is C40H34N6O2S4. The molecule has 2 saturated carbocycles. The second-order valence-electron chi connectivity index (χ2n) is 13.9. The molecule has 0 radical (unpaired) electrons. The molecule has 0 unspecified atom stereocenters. The van der Waals surface area contributed by atoms with Crippen LogP contribution in [0.15, 0.2) is 32.9 Å². The minimum absolute atomic E-state index is 0.0268. The number of allylic oxidation sites excluding steroid dienone is 4. The molecular weight excluding hydrogens is 725 g/mol. The summed E-state index contributed by atoms with van der Waals surface area (Å²) in [6.45, 7) is 4.50. The number of thiophene rings is 2. The van der Waals surface area contributed by atoms with Gasteiger partial charge in [-0.15, -0.1) is 45.3 Å². The summed E-state index contributed by atoms with van der Waals surface area (Å²) in [5.41, 5.74) is 4.87. The molecule has 4 aliphatic rings. The minimum atomic E-state index is -0.190. The van der Waals surface area contributed by atoms with E-state index in [0.29, 0.717) is 31.5 Å². The molecule has 2 fully saturated rings. The summed E-state index contributed by atoms with van der Waals surface area (Å²) in [6, 6.07) is 10.1. The van der Waals surface area contributed by atoms with Gasteiger partial charge in [0, 0.05) is 38.4 Å². The Morgan fingerprint density at radius 2 is 1.25 bits per heavy atom. The van der Waals surface area contributed by atoms with Gasteiger partial charge in [-0.25, -0.2) is 0 Å². The molecule has 0 N–H and O–H groups in total. The third-order valence-electron chi connectivity index (χ3n) is 11.5. The maximum Gasteiger partial charge on any atom is 0.269 e. The topological polar surface area (TPSA) is 139 Å². The zero-order valence-electron chi connectivity index (χ0n) is 28.9. The van der Waals surface area contributed by atoms with Crippen LogP contribution in [0.1, 0.15) is 93.4 Å². The Morgan fingerprint density at radius 1 is 0.731 bits per heavy atom. The highest BCUT2D eigenvalue weighted by atomic mass is 32.1. The Kier molecular flexibility index (Phi) is 8.72. The Hall–Kier alpha value is -4.56. The molecule has 4 aromatic heterocycles. The molecule has 0 aromatic carbocycles. The van der Waals surface area contributed by atoms with Crippen LogP contribution in [0.25, 0.3) is 38.3 Å². The first kappa shape index (κ1) is 34.5. The lowest BCUT2D eigenvalue weighted by molar-refractivity contribution is 0.332. The summed E-state index contributed by atoms with van der Waals surface area (Å²) >= 11 is 6.07. The highest BCUT2D eigenvalue weighted by molar-refractivity contribution is 7.29. The lowest BCUT2D eigenvalue weighted by atomic mass is 9.66. The van der Waals surface area contributed by atoms with Crippen LogP contribution in [0.3, 0.4) is 0 Å². The molecule has 2 spiro atoms. The smallest absolute Gasteiger partial charge is 0.269 e. The van der Waals surface area contributed by atoms with Gasteiger partial charge >= 0.3 is 0 Å². The van der Waals surface area contributed by atoms with E-state index in [0.717, 1.165) is 56.2 Å². The van der Waals surface area contributed by atoms with Crippen molar-refractivity contribution in [2.45, 2.75) is 96.6 Å². The average Bonchev–Trinajstić information content (AvgIpc) is 3.97. The quantitative estimate of drug-likeness (QED) is 0.250. The molecule has 260 valence electrons. The highest BCUT2D eigenvalue weighted by Crippen LogP contribution is 2.69. The van der Waals surface area contributed by atoms with E-state index in [1.165, 1.54) is 76.6 Å². The number of thiazole rings is 2. The predicted octanol–water partition coefficient (Wildman–Crippen LogP) is 6.01. The molecule has 0 amide bonds. The molecule has 8 rings (SSSR count). The van der Waals surface area contributed by atoms with Crippen LogP contribution < -0.4 is 29.5 Å². The fourth-order valence-corrected chi connectivity index (χ4v) is 14.5. The Balaban J connectivity index is 1.33. The van der Waals surface area contributed by atoms with Crippen molar-refractivity contribution in [2.24, 2.45) is 5.41 Å². The summed E-state index contributed by atoms with van der Waals surface area (Å²) < 4.78 is 7.53. The van der Waals surface area contributed by atoms with E-state index >= 15 is 0 Å². The van der Waals surface area contributed by atoms with Gasteiger partial charge in [0.1, 0.15) is 33.6 Å². The van der Waals surface area contributed by atoms with E-state index in [9.17, 15) is 30.6 Å². The van der Waals surface area contributed by atoms with Crippen molar-refractivity contribution >= 4 is 83.6 Å². The lowest BCUT2D eigenvalue weighted by Gasteiger charge is -2.38. The molecule has 52 heavy (non-hydrogen) atoms. The first-order valence-corrected chi connectivity index (χ1v) is 21.1. The normalized spacial score (nSPS) is 19.0. The van der Waals surface area contributed by atoms with Gasteiger partial charge < -0.3 is 0 Å². The van der Waals surface area contributed by atoms with Gasteiger partial charge in [-0.3, -0.25) is 18.7 Å². The first-order valence-electron chi connectivity index (χ1n) is 17.9. The predicted molar refractivity (Wildman–Crippen MR) is 209 cm³/mol. The number of nitrogens with zero attached hydrogens (tertiary/aromatic N) is 6. The molecule has 8 nitrogen and oxygen atoms in total. The van der Waals surface area contributed by atoms with Crippen LogP contribution in [0.5, 0.6) is 0 Å². The van der Waals surface area contributed by atoms with E-state index in [1.54, 1.807) is 15.9 Å². The second kappa shape index (κ2) is 13.1. The van der Waals surface area contributed by atoms with Crippen LogP contribution in [0.2, 0.25) is 0 Å². The highest BCUT2D eigenvalue weighted by Gasteiger charge is 2.56. The first-order chi connectivity index (χ1) is 25.3. The molecule has 0 saturated heterocycles. The van der Waals surface area contributed by atoms with Crippen LogP contribution in [0, 0.1) is 50.7 Å². The van der Waals surface area contributed by atoms with Crippen LogP contribution in [0.4, 0.5) is 0 Å². The Morgan fingerprint density at radius 3 is 1.77 bits per heavy atom. The number of hydrogen-bond donors (Lipinski definition) is 0. The van der Waals surface area contributed by atoms with E-state index in [-0.39, 0.29) is 33.1 Å². The molecule has 0 bridgehead atoms. The monoisotopic (exact) mass is 758 g/mol. The van der Waals surface area contributed by atoms with Gasteiger partial charge in [0.2, 0.25) is 0 Å². The number of nitriles is 4. The summed E-state index contributed by atoms with van der Waals surface area (Å²) in [6.07, 6.45) is 17.6. The Labute approximate surface area is 316 Å². The van der Waals surface area contributed by atoms with Gasteiger partial charge in [-0.05, 0) is 80.0 Å². The van der Waals surface area contributed by atoms with Crippen molar-refractivity contribution in [3.05, 3.63) is 77.7 Å². The number of aromatic nitrogens is 2. The average molecular weight is 759 g/mol. The standard InChI is InChI=1S/C40H34N6O2S4/c1-3-45-35(47)29(51-37(45)23(19-41)20-42)16-25-15-27-31(39(25)11-7-5-8-12-39)34-32(40(27)13-9-6-10-14-40)33-28(50-34)17-26(49-33)18-30-36(48)46(4-2)38(52-30)24(21-43)22-44/h15-18H,3-14H2,1-2H3/b29-16-,30-18-. The molecule has 4 aromatic rings. The van der Waals surface area contributed by atoms with Crippen molar-refractivity contribution in [3.63, 3.8) is 0 Å². The molecule has 0 aliphatic heterocycles. The van der Waals surface area contributed by atoms with Crippen LogP contribution >= 0.6 is 45.3 Å². The van der Waals surface area contributed by atoms with Crippen molar-refractivity contribution in [1.29, 1.82) is 21.0 Å². The van der Waals surface area contributed by atoms with Crippen molar-refractivity contribution in [1.82, 2.24) is 9.13 Å². The van der Waals surface area contributed by atoms with E-state index in [1.807, 2.05) is 55.5 Å². The largest absolute Gasteiger partial charge is 0.298 e. The zero-order valence-corrected chi connectivity index (χ0v) is 32.2. The molecule has 4 heterocycles. The van der Waals surface area contributed by atoms with Gasteiger partial charge in [0.15, 0.2) is 11.1 Å². The van der Waals surface area contributed by atoms with Gasteiger partial charge in [0.25, 0.3) is 11.1 Å². The van der Waals surface area contributed by atoms with Crippen LogP contribution in [-0.2, 0) is 18.5 Å². The summed E-state index contributed by atoms with van der Waals surface area (Å²) in [5.74, 6) is 0. The fourth-order valence-electron chi connectivity index (χ4n) is 9.25. The summed E-state index contributed by atoms with van der Waals surface area (Å²) in [7, 11) is 0. The number of fused-ring (bicyclic) bond motifs is 7. The van der Waals surface area contributed by atoms with Gasteiger partial charge in [0.05, 0.1) is 13.8 Å². The van der Waals surface area contributed by atoms with E-state index in [4.69, 9.17) is 0 Å². The number of hydrogen-bond acceptors (Lipinski definition) is 10. The number of rotatable bonds is 4. The van der Waals surface area contributed by atoms with Crippen LogP contribution in [-0.4, -0.2) is 9.13 Å². The summed E-state index contributed by atoms with van der Waals surface area (Å²) in [4.78, 5) is 29.5. The minimum Gasteiger partial charge on any atom is -0.298 e. The van der Waals surface area contributed by atoms with Gasteiger partial charge in [-0.2, -0.15) is 21.0 Å². The maximum absolute atomic E-state index is 13.7. The van der Waals surface area contributed by atoms with Gasteiger partial charge in [-0.1, -0.05) is 44.6 Å². The SMILES string of the molecule is CCn1c(=C(C#N)C#N)s/c(=C\C2=CC3=C(c4sc5cc(/C=c6\sc(=C(C#N)C#N)n(CC)c6=O)sc5c4C34CCCCC4)C23CCCCC3)c1=O. The van der Waals surface area contributed by atoms with E-state index in [2.05, 4.69) is 18.2 Å². The zero-order chi connectivity index (χ0) is 36.4. The fraction of sp³-hybridized carbons (Fsp3) is 0.400. The third-order valence-corrected chi connectivity index (χ3v) is 16.1. The molecule has 4 aliphatic carbocycles. The lowest BCUT2D eigenvalue weighted by Crippen LogP contribution is -2.32. The Bertz CT molecular complexity index is 2790. The maximum atomic E-state index is 13.7. The third kappa shape index (κ3) is 4.89. The summed E-state index contributed by atoms with van der Waals surface area (Å²) in [5, 5.41) is 38.3. The molecule has 12 heteroatoms. The molecule has 0 atom stereocenters. The van der Waals surface area contributed by atoms with Crippen molar-refractivity contribution in [2.75, 3.05) is 0 Å². The van der Waals surface area contributed by atoms with Crippen molar-refractivity contribution < 1.29 is 0 Å². The van der Waals surface area contributed by atoms with Crippen molar-refractivity contribution in [3.8, 4) is 24.3 Å². The van der Waals surface area contributed by atoms with E-state index < -0.39 is 0 Å². The second-order valence-corrected chi connectivity index (χ2v) is 18.1.